The normalized spacial score (nSPS) is 17.3. The molecule has 2 aromatic rings. The molecule has 0 aromatic heterocycles. The van der Waals surface area contributed by atoms with E-state index in [1.807, 2.05) is 79.5 Å². The van der Waals surface area contributed by atoms with Gasteiger partial charge >= 0.3 is 0 Å². The minimum atomic E-state index is -0.503. The van der Waals surface area contributed by atoms with Crippen LogP contribution in [0.4, 0.5) is 11.4 Å². The highest BCUT2D eigenvalue weighted by Crippen LogP contribution is 2.39. The number of anilines is 2. The predicted molar refractivity (Wildman–Crippen MR) is 76.9 cm³/mol. The van der Waals surface area contributed by atoms with Crippen LogP contribution in [-0.2, 0) is 4.79 Å². The van der Waals surface area contributed by atoms with Crippen molar-refractivity contribution in [2.24, 2.45) is 0 Å². The molecule has 0 spiro atoms. The second kappa shape index (κ2) is 4.12. The average molecular weight is 252 g/mol. The summed E-state index contributed by atoms with van der Waals surface area (Å²) in [6.07, 6.45) is 0. The van der Waals surface area contributed by atoms with Crippen molar-refractivity contribution in [3.8, 4) is 0 Å². The fourth-order valence-corrected chi connectivity index (χ4v) is 2.46. The van der Waals surface area contributed by atoms with Crippen LogP contribution in [0.5, 0.6) is 0 Å². The third kappa shape index (κ3) is 1.70. The number of carbonyl (C=O) groups is 1. The van der Waals surface area contributed by atoms with Crippen molar-refractivity contribution in [3.63, 3.8) is 0 Å². The zero-order valence-electron chi connectivity index (χ0n) is 11.1. The van der Waals surface area contributed by atoms with Gasteiger partial charge in [0.1, 0.15) is 5.54 Å². The molecule has 0 saturated carbocycles. The molecule has 1 fully saturated rings. The second-order valence-electron chi connectivity index (χ2n) is 5.16. The molecular formula is C16H16N2O. The predicted octanol–water partition coefficient (Wildman–Crippen LogP) is 3.23. The van der Waals surface area contributed by atoms with Gasteiger partial charge in [0.15, 0.2) is 0 Å². The van der Waals surface area contributed by atoms with Crippen molar-refractivity contribution in [1.82, 2.24) is 0 Å². The highest BCUT2D eigenvalue weighted by atomic mass is 16.2. The lowest BCUT2D eigenvalue weighted by Gasteiger charge is -2.56. The van der Waals surface area contributed by atoms with E-state index in [0.717, 1.165) is 11.4 Å². The molecule has 0 unspecified atom stereocenters. The maximum Gasteiger partial charge on any atom is 0.273 e. The largest absolute Gasteiger partial charge is 0.273 e. The first kappa shape index (κ1) is 11.8. The Bertz CT molecular complexity index is 593. The van der Waals surface area contributed by atoms with Gasteiger partial charge in [0.25, 0.3) is 5.91 Å². The molecule has 1 aliphatic rings. The molecule has 3 nitrogen and oxygen atoms in total. The van der Waals surface area contributed by atoms with Crippen LogP contribution in [0.15, 0.2) is 60.7 Å². The highest BCUT2D eigenvalue weighted by Gasteiger charge is 2.53. The average Bonchev–Trinajstić information content (AvgIpc) is 2.45. The van der Waals surface area contributed by atoms with Crippen LogP contribution in [0.1, 0.15) is 13.8 Å². The van der Waals surface area contributed by atoms with Gasteiger partial charge in [-0.25, -0.2) is 5.01 Å². The van der Waals surface area contributed by atoms with Gasteiger partial charge < -0.3 is 0 Å². The Morgan fingerprint density at radius 3 is 1.79 bits per heavy atom. The molecule has 19 heavy (non-hydrogen) atoms. The van der Waals surface area contributed by atoms with Gasteiger partial charge in [0.05, 0.1) is 11.4 Å². The lowest BCUT2D eigenvalue weighted by Crippen LogP contribution is -2.76. The number of para-hydroxylation sites is 2. The Balaban J connectivity index is 2.03. The Kier molecular flexibility index (Phi) is 2.56. The van der Waals surface area contributed by atoms with Crippen LogP contribution in [0.25, 0.3) is 0 Å². The van der Waals surface area contributed by atoms with E-state index in [0.29, 0.717) is 0 Å². The van der Waals surface area contributed by atoms with Crippen LogP contribution in [0.2, 0.25) is 0 Å². The minimum Gasteiger partial charge on any atom is -0.270 e. The first-order valence-corrected chi connectivity index (χ1v) is 6.37. The summed E-state index contributed by atoms with van der Waals surface area (Å²) in [6.45, 7) is 3.89. The van der Waals surface area contributed by atoms with Crippen molar-refractivity contribution in [3.05, 3.63) is 60.7 Å². The van der Waals surface area contributed by atoms with Crippen molar-refractivity contribution < 1.29 is 4.79 Å². The first-order valence-electron chi connectivity index (χ1n) is 6.37. The molecule has 3 heteroatoms. The van der Waals surface area contributed by atoms with Gasteiger partial charge in [0.2, 0.25) is 0 Å². The van der Waals surface area contributed by atoms with Crippen molar-refractivity contribution in [2.45, 2.75) is 19.4 Å². The number of amides is 1. The monoisotopic (exact) mass is 252 g/mol. The molecule has 96 valence electrons. The number of hydrogen-bond acceptors (Lipinski definition) is 2. The third-order valence-electron chi connectivity index (χ3n) is 3.45. The number of benzene rings is 2. The van der Waals surface area contributed by atoms with E-state index in [2.05, 4.69) is 0 Å². The van der Waals surface area contributed by atoms with E-state index >= 15 is 0 Å². The molecule has 2 aromatic carbocycles. The van der Waals surface area contributed by atoms with Gasteiger partial charge in [-0.2, -0.15) is 0 Å². The molecule has 1 saturated heterocycles. The summed E-state index contributed by atoms with van der Waals surface area (Å²) < 4.78 is 0. The number of carbonyl (C=O) groups excluding carboxylic acids is 1. The lowest BCUT2D eigenvalue weighted by atomic mass is 9.95. The van der Waals surface area contributed by atoms with Gasteiger partial charge in [-0.3, -0.25) is 9.80 Å². The quantitative estimate of drug-likeness (QED) is 0.819. The zero-order valence-corrected chi connectivity index (χ0v) is 11.1. The maximum atomic E-state index is 12.4. The topological polar surface area (TPSA) is 23.6 Å². The van der Waals surface area contributed by atoms with E-state index < -0.39 is 5.54 Å². The Hall–Kier alpha value is -2.29. The number of nitrogens with zero attached hydrogens (tertiary/aromatic N) is 2. The molecule has 0 radical (unpaired) electrons. The van der Waals surface area contributed by atoms with Crippen LogP contribution in [0.3, 0.4) is 0 Å². The molecule has 1 heterocycles. The van der Waals surface area contributed by atoms with Gasteiger partial charge in [-0.1, -0.05) is 36.4 Å². The summed E-state index contributed by atoms with van der Waals surface area (Å²) in [5.41, 5.74) is 1.42. The number of hydrogen-bond donors (Lipinski definition) is 0. The Morgan fingerprint density at radius 2 is 1.26 bits per heavy atom. The summed E-state index contributed by atoms with van der Waals surface area (Å²) in [7, 11) is 0. The summed E-state index contributed by atoms with van der Waals surface area (Å²) >= 11 is 0. The van der Waals surface area contributed by atoms with Crippen LogP contribution in [0, 0.1) is 0 Å². The van der Waals surface area contributed by atoms with E-state index in [-0.39, 0.29) is 5.91 Å². The van der Waals surface area contributed by atoms with E-state index in [1.165, 1.54) is 0 Å². The standard InChI is InChI=1S/C16H16N2O/c1-16(2)15(19)17(13-9-5-3-6-10-13)18(16)14-11-7-4-8-12-14/h3-12H,1-2H3. The van der Waals surface area contributed by atoms with E-state index in [1.54, 1.807) is 5.01 Å². The molecule has 1 aliphatic heterocycles. The summed E-state index contributed by atoms with van der Waals surface area (Å²) in [4.78, 5) is 12.4. The molecule has 0 bridgehead atoms. The second-order valence-corrected chi connectivity index (χ2v) is 5.16. The fourth-order valence-electron chi connectivity index (χ4n) is 2.46. The zero-order chi connectivity index (χ0) is 13.5. The summed E-state index contributed by atoms with van der Waals surface area (Å²) in [6, 6.07) is 19.7. The third-order valence-corrected chi connectivity index (χ3v) is 3.45. The SMILES string of the molecule is CC1(C)C(=O)N(c2ccccc2)N1c1ccccc1. The Labute approximate surface area is 113 Å². The van der Waals surface area contributed by atoms with Crippen LogP contribution >= 0.6 is 0 Å². The molecule has 0 N–H and O–H groups in total. The molecule has 0 atom stereocenters. The van der Waals surface area contributed by atoms with Crippen LogP contribution < -0.4 is 10.0 Å². The molecule has 0 aliphatic carbocycles. The highest BCUT2D eigenvalue weighted by molar-refractivity contribution is 6.11. The van der Waals surface area contributed by atoms with Crippen LogP contribution in [-0.4, -0.2) is 11.4 Å². The smallest absolute Gasteiger partial charge is 0.270 e. The van der Waals surface area contributed by atoms with Crippen molar-refractivity contribution in [1.29, 1.82) is 0 Å². The number of rotatable bonds is 2. The molecular weight excluding hydrogens is 236 g/mol. The lowest BCUT2D eigenvalue weighted by molar-refractivity contribution is -0.128. The van der Waals surface area contributed by atoms with Gasteiger partial charge in [0, 0.05) is 0 Å². The van der Waals surface area contributed by atoms with E-state index in [9.17, 15) is 4.79 Å². The van der Waals surface area contributed by atoms with Crippen molar-refractivity contribution in [2.75, 3.05) is 10.0 Å². The van der Waals surface area contributed by atoms with Gasteiger partial charge in [-0.15, -0.1) is 0 Å². The molecule has 1 amide bonds. The maximum absolute atomic E-state index is 12.4. The summed E-state index contributed by atoms with van der Waals surface area (Å²) in [5, 5.41) is 3.76. The minimum absolute atomic E-state index is 0.113. The van der Waals surface area contributed by atoms with E-state index in [4.69, 9.17) is 0 Å². The fraction of sp³-hybridized carbons (Fsp3) is 0.188. The number of hydrazine groups is 1. The first-order chi connectivity index (χ1) is 9.12. The Morgan fingerprint density at radius 1 is 0.789 bits per heavy atom. The summed E-state index contributed by atoms with van der Waals surface area (Å²) in [5.74, 6) is 0.113. The van der Waals surface area contributed by atoms with Crippen molar-refractivity contribution >= 4 is 17.3 Å². The van der Waals surface area contributed by atoms with Gasteiger partial charge in [-0.05, 0) is 38.1 Å². The molecule has 3 rings (SSSR count).